The highest BCUT2D eigenvalue weighted by molar-refractivity contribution is 6.09. The van der Waals surface area contributed by atoms with E-state index in [1.54, 1.807) is 6.92 Å². The van der Waals surface area contributed by atoms with Crippen LogP contribution in [0.15, 0.2) is 42.0 Å². The van der Waals surface area contributed by atoms with Gasteiger partial charge >= 0.3 is 5.97 Å². The van der Waals surface area contributed by atoms with Gasteiger partial charge in [0, 0.05) is 23.5 Å². The quantitative estimate of drug-likeness (QED) is 0.421. The Morgan fingerprint density at radius 2 is 1.74 bits per heavy atom. The van der Waals surface area contributed by atoms with Gasteiger partial charge in [-0.25, -0.2) is 0 Å². The van der Waals surface area contributed by atoms with Gasteiger partial charge in [0.15, 0.2) is 5.78 Å². The number of ether oxygens (including phenoxy) is 1. The molecule has 0 heterocycles. The van der Waals surface area contributed by atoms with Gasteiger partial charge in [0.25, 0.3) is 0 Å². The zero-order valence-corrected chi connectivity index (χ0v) is 19.2. The van der Waals surface area contributed by atoms with Crippen molar-refractivity contribution in [3.8, 4) is 0 Å². The summed E-state index contributed by atoms with van der Waals surface area (Å²) in [7, 11) is 0. The van der Waals surface area contributed by atoms with Gasteiger partial charge in [0.1, 0.15) is 6.10 Å². The lowest BCUT2D eigenvalue weighted by Gasteiger charge is -2.61. The van der Waals surface area contributed by atoms with Crippen LogP contribution < -0.4 is 0 Å². The van der Waals surface area contributed by atoms with Crippen molar-refractivity contribution >= 4 is 11.8 Å². The second-order valence-electron chi connectivity index (χ2n) is 11.1. The van der Waals surface area contributed by atoms with Crippen LogP contribution >= 0.6 is 0 Å². The summed E-state index contributed by atoms with van der Waals surface area (Å²) in [6.45, 7) is 6.35. The highest BCUT2D eigenvalue weighted by Crippen LogP contribution is 2.66. The van der Waals surface area contributed by atoms with Crippen LogP contribution in [-0.4, -0.2) is 17.9 Å². The summed E-state index contributed by atoms with van der Waals surface area (Å²) in [5.74, 6) is 2.50. The summed E-state index contributed by atoms with van der Waals surface area (Å²) >= 11 is 0. The molecular formula is C28H36O3. The van der Waals surface area contributed by atoms with Crippen LogP contribution in [0.3, 0.4) is 0 Å². The number of rotatable bonds is 3. The Morgan fingerprint density at radius 3 is 2.48 bits per heavy atom. The first kappa shape index (κ1) is 21.0. The van der Waals surface area contributed by atoms with Crippen LogP contribution in [0.25, 0.3) is 0 Å². The average Bonchev–Trinajstić information content (AvgIpc) is 3.11. The molecular weight excluding hydrogens is 384 g/mol. The fourth-order valence-electron chi connectivity index (χ4n) is 8.34. The summed E-state index contributed by atoms with van der Waals surface area (Å²) in [6.07, 6.45) is 11.5. The van der Waals surface area contributed by atoms with Crippen LogP contribution in [0.2, 0.25) is 0 Å². The minimum Gasteiger partial charge on any atom is -0.462 e. The van der Waals surface area contributed by atoms with Gasteiger partial charge in [-0.1, -0.05) is 50.3 Å². The first-order valence-electron chi connectivity index (χ1n) is 12.3. The minimum atomic E-state index is -0.132. The van der Waals surface area contributed by atoms with E-state index >= 15 is 0 Å². The van der Waals surface area contributed by atoms with Crippen molar-refractivity contribution in [1.29, 1.82) is 0 Å². The molecule has 4 aliphatic rings. The topological polar surface area (TPSA) is 43.4 Å². The van der Waals surface area contributed by atoms with Crippen molar-refractivity contribution in [2.24, 2.45) is 34.5 Å². The Hall–Kier alpha value is -1.90. The number of carbonyl (C=O) groups excluding carboxylic acids is 2. The highest BCUT2D eigenvalue weighted by Gasteiger charge is 2.61. The van der Waals surface area contributed by atoms with E-state index in [4.69, 9.17) is 4.74 Å². The number of esters is 1. The van der Waals surface area contributed by atoms with Crippen LogP contribution in [0.4, 0.5) is 0 Å². The Labute approximate surface area is 186 Å². The molecule has 1 aromatic carbocycles. The van der Waals surface area contributed by atoms with E-state index in [9.17, 15) is 9.59 Å². The van der Waals surface area contributed by atoms with E-state index in [0.717, 1.165) is 36.8 Å². The van der Waals surface area contributed by atoms with E-state index < -0.39 is 0 Å². The fourth-order valence-corrected chi connectivity index (χ4v) is 8.34. The van der Waals surface area contributed by atoms with Crippen molar-refractivity contribution in [2.45, 2.75) is 78.2 Å². The minimum absolute atomic E-state index is 0.0249. The van der Waals surface area contributed by atoms with Crippen molar-refractivity contribution in [2.75, 3.05) is 0 Å². The lowest BCUT2D eigenvalue weighted by Crippen LogP contribution is -2.58. The molecule has 0 aliphatic heterocycles. The van der Waals surface area contributed by atoms with Crippen molar-refractivity contribution in [3.63, 3.8) is 0 Å². The number of benzene rings is 1. The first-order chi connectivity index (χ1) is 14.9. The molecule has 3 saturated carbocycles. The maximum atomic E-state index is 13.4. The largest absolute Gasteiger partial charge is 0.462 e. The molecule has 0 spiro atoms. The first-order valence-corrected chi connectivity index (χ1v) is 12.3. The predicted octanol–water partition coefficient (Wildman–Crippen LogP) is 6.38. The maximum Gasteiger partial charge on any atom is 0.302 e. The SMILES string of the molecule is CC(=O)O[C@H]1CCC[C@H]2CC[C@@H]3[C@@H](CC[C@@]4(C)C(C(=O)c5ccccc5)=CC[C@H]34)[C@@]21C. The average molecular weight is 421 g/mol. The molecule has 1 aromatic rings. The predicted molar refractivity (Wildman–Crippen MR) is 122 cm³/mol. The molecule has 0 N–H and O–H groups in total. The third kappa shape index (κ3) is 3.14. The molecule has 0 aromatic heterocycles. The number of allylic oxidation sites excluding steroid dienone is 2. The zero-order valence-electron chi connectivity index (χ0n) is 19.2. The van der Waals surface area contributed by atoms with Gasteiger partial charge in [0.2, 0.25) is 0 Å². The molecule has 7 atom stereocenters. The lowest BCUT2D eigenvalue weighted by atomic mass is 9.44. The molecule has 0 unspecified atom stereocenters. The molecule has 3 heteroatoms. The number of ketones is 1. The standard InChI is InChI=1S/C28H36O3/c1-18(29)31-25-11-7-10-20-12-13-21-22-14-15-24(26(30)19-8-5-4-6-9-19)27(22,2)17-16-23(21)28(20,25)3/h4-6,8-9,15,20-23,25H,7,10-14,16-17H2,1-3H3/t20-,21-,22+,23+,25-,27+,28+/m0/s1. The summed E-state index contributed by atoms with van der Waals surface area (Å²) in [5, 5.41) is 0. The van der Waals surface area contributed by atoms with E-state index in [2.05, 4.69) is 19.9 Å². The molecule has 3 fully saturated rings. The van der Waals surface area contributed by atoms with Crippen LogP contribution in [0, 0.1) is 34.5 Å². The molecule has 0 saturated heterocycles. The molecule has 3 nitrogen and oxygen atoms in total. The van der Waals surface area contributed by atoms with Gasteiger partial charge in [-0.15, -0.1) is 0 Å². The summed E-state index contributed by atoms with van der Waals surface area (Å²) in [6, 6.07) is 9.78. The molecule has 31 heavy (non-hydrogen) atoms. The molecule has 4 aliphatic carbocycles. The Bertz CT molecular complexity index is 902. The second-order valence-corrected chi connectivity index (χ2v) is 11.1. The Kier molecular flexibility index (Phi) is 5.14. The van der Waals surface area contributed by atoms with Gasteiger partial charge in [-0.05, 0) is 80.5 Å². The zero-order chi connectivity index (χ0) is 21.8. The van der Waals surface area contributed by atoms with Crippen molar-refractivity contribution < 1.29 is 14.3 Å². The lowest BCUT2D eigenvalue weighted by molar-refractivity contribution is -0.187. The summed E-state index contributed by atoms with van der Waals surface area (Å²) in [4.78, 5) is 25.3. The fraction of sp³-hybridized carbons (Fsp3) is 0.643. The van der Waals surface area contributed by atoms with Gasteiger partial charge in [-0.2, -0.15) is 0 Å². The van der Waals surface area contributed by atoms with E-state index in [1.165, 1.54) is 25.7 Å². The van der Waals surface area contributed by atoms with Crippen molar-refractivity contribution in [1.82, 2.24) is 0 Å². The molecule has 0 bridgehead atoms. The maximum absolute atomic E-state index is 13.4. The highest BCUT2D eigenvalue weighted by atomic mass is 16.5. The Morgan fingerprint density at radius 1 is 0.968 bits per heavy atom. The smallest absolute Gasteiger partial charge is 0.302 e. The third-order valence-corrected chi connectivity index (χ3v) is 9.85. The second kappa shape index (κ2) is 7.60. The van der Waals surface area contributed by atoms with Crippen LogP contribution in [0.1, 0.15) is 82.5 Å². The van der Waals surface area contributed by atoms with Gasteiger partial charge < -0.3 is 4.74 Å². The van der Waals surface area contributed by atoms with Crippen LogP contribution in [-0.2, 0) is 9.53 Å². The molecule has 166 valence electrons. The number of fused-ring (bicyclic) bond motifs is 5. The van der Waals surface area contributed by atoms with E-state index in [1.807, 2.05) is 30.3 Å². The van der Waals surface area contributed by atoms with E-state index in [-0.39, 0.29) is 28.7 Å². The molecule has 5 rings (SSSR count). The molecule has 0 radical (unpaired) electrons. The number of Topliss-reactive ketones (excluding diaryl/α,β-unsaturated/α-hetero) is 1. The summed E-state index contributed by atoms with van der Waals surface area (Å²) in [5.41, 5.74) is 1.92. The monoisotopic (exact) mass is 420 g/mol. The third-order valence-electron chi connectivity index (χ3n) is 9.85. The Balaban J connectivity index is 1.43. The summed E-state index contributed by atoms with van der Waals surface area (Å²) < 4.78 is 5.96. The normalized spacial score (nSPS) is 41.4. The number of hydrogen-bond acceptors (Lipinski definition) is 3. The number of carbonyl (C=O) groups is 2. The number of hydrogen-bond donors (Lipinski definition) is 0. The van der Waals surface area contributed by atoms with Crippen molar-refractivity contribution in [3.05, 3.63) is 47.5 Å². The van der Waals surface area contributed by atoms with Crippen LogP contribution in [0.5, 0.6) is 0 Å². The van der Waals surface area contributed by atoms with Gasteiger partial charge in [0.05, 0.1) is 0 Å². The molecule has 0 amide bonds. The van der Waals surface area contributed by atoms with Gasteiger partial charge in [-0.3, -0.25) is 9.59 Å². The van der Waals surface area contributed by atoms with E-state index in [0.29, 0.717) is 23.7 Å².